The Morgan fingerprint density at radius 1 is 1.12 bits per heavy atom. The van der Waals surface area contributed by atoms with Crippen LogP contribution in [0.25, 0.3) is 0 Å². The first-order chi connectivity index (χ1) is 11.7. The molecule has 1 aliphatic rings. The predicted molar refractivity (Wildman–Crippen MR) is 98.2 cm³/mol. The fraction of sp³-hybridized carbons (Fsp3) is 0.316. The molecule has 1 aliphatic heterocycles. The van der Waals surface area contributed by atoms with E-state index in [1.807, 2.05) is 18.2 Å². The Morgan fingerprint density at radius 2 is 1.83 bits per heavy atom. The SMILES string of the molecule is NC[C@@H]1CN(CC(=O)Nc2ccccc2Cl)C[C@H]1c1ccccc1. The van der Waals surface area contributed by atoms with E-state index in [1.54, 1.807) is 12.1 Å². The van der Waals surface area contributed by atoms with Crippen molar-refractivity contribution in [2.75, 3.05) is 31.5 Å². The molecule has 1 fully saturated rings. The molecule has 5 heteroatoms. The third kappa shape index (κ3) is 3.96. The highest BCUT2D eigenvalue weighted by atomic mass is 35.5. The topological polar surface area (TPSA) is 58.4 Å². The number of amides is 1. The molecular formula is C19H22ClN3O. The molecule has 0 aliphatic carbocycles. The van der Waals surface area contributed by atoms with Crippen molar-refractivity contribution in [1.82, 2.24) is 4.90 Å². The van der Waals surface area contributed by atoms with Crippen molar-refractivity contribution in [2.45, 2.75) is 5.92 Å². The van der Waals surface area contributed by atoms with Crippen LogP contribution >= 0.6 is 11.6 Å². The summed E-state index contributed by atoms with van der Waals surface area (Å²) in [5.41, 5.74) is 7.90. The molecule has 1 amide bonds. The van der Waals surface area contributed by atoms with Crippen molar-refractivity contribution in [1.29, 1.82) is 0 Å². The number of nitrogens with two attached hydrogens (primary N) is 1. The molecule has 4 nitrogen and oxygen atoms in total. The number of nitrogens with one attached hydrogen (secondary N) is 1. The molecule has 1 heterocycles. The average molecular weight is 344 g/mol. The largest absolute Gasteiger partial charge is 0.330 e. The molecule has 0 aromatic heterocycles. The molecule has 24 heavy (non-hydrogen) atoms. The first kappa shape index (κ1) is 17.0. The van der Waals surface area contributed by atoms with E-state index in [-0.39, 0.29) is 5.91 Å². The van der Waals surface area contributed by atoms with Crippen LogP contribution in [0.2, 0.25) is 5.02 Å². The molecular weight excluding hydrogens is 322 g/mol. The van der Waals surface area contributed by atoms with E-state index in [0.29, 0.717) is 35.6 Å². The Morgan fingerprint density at radius 3 is 2.54 bits per heavy atom. The second kappa shape index (κ2) is 7.79. The van der Waals surface area contributed by atoms with Gasteiger partial charge in [0.25, 0.3) is 0 Å². The standard InChI is InChI=1S/C19H22ClN3O/c20-17-8-4-5-9-18(17)22-19(24)13-23-11-15(10-21)16(12-23)14-6-2-1-3-7-14/h1-9,15-16H,10-13,21H2,(H,22,24)/t15-,16+/m1/s1. The number of benzene rings is 2. The van der Waals surface area contributed by atoms with E-state index < -0.39 is 0 Å². The summed E-state index contributed by atoms with van der Waals surface area (Å²) >= 11 is 6.09. The molecule has 3 rings (SSSR count). The Hall–Kier alpha value is -1.88. The van der Waals surface area contributed by atoms with E-state index in [4.69, 9.17) is 17.3 Å². The lowest BCUT2D eigenvalue weighted by Crippen LogP contribution is -2.32. The van der Waals surface area contributed by atoms with Crippen LogP contribution in [-0.4, -0.2) is 37.0 Å². The minimum Gasteiger partial charge on any atom is -0.330 e. The van der Waals surface area contributed by atoms with E-state index in [1.165, 1.54) is 5.56 Å². The number of carbonyl (C=O) groups is 1. The van der Waals surface area contributed by atoms with Gasteiger partial charge in [-0.15, -0.1) is 0 Å². The van der Waals surface area contributed by atoms with Crippen molar-refractivity contribution < 1.29 is 4.79 Å². The molecule has 2 aromatic carbocycles. The first-order valence-electron chi connectivity index (χ1n) is 8.19. The van der Waals surface area contributed by atoms with Gasteiger partial charge in [0.1, 0.15) is 0 Å². The molecule has 3 N–H and O–H groups in total. The second-order valence-corrected chi connectivity index (χ2v) is 6.64. The third-order valence-electron chi connectivity index (χ3n) is 4.56. The monoisotopic (exact) mass is 343 g/mol. The highest BCUT2D eigenvalue weighted by Gasteiger charge is 2.33. The van der Waals surface area contributed by atoms with Crippen LogP contribution in [0.1, 0.15) is 11.5 Å². The van der Waals surface area contributed by atoms with Crippen molar-refractivity contribution >= 4 is 23.2 Å². The van der Waals surface area contributed by atoms with Gasteiger partial charge in [-0.25, -0.2) is 0 Å². The number of nitrogens with zero attached hydrogens (tertiary/aromatic N) is 1. The van der Waals surface area contributed by atoms with Gasteiger partial charge in [0, 0.05) is 19.0 Å². The van der Waals surface area contributed by atoms with Gasteiger partial charge < -0.3 is 11.1 Å². The highest BCUT2D eigenvalue weighted by Crippen LogP contribution is 2.31. The Kier molecular flexibility index (Phi) is 5.51. The maximum absolute atomic E-state index is 12.3. The van der Waals surface area contributed by atoms with Gasteiger partial charge in [0.05, 0.1) is 17.3 Å². The summed E-state index contributed by atoms with van der Waals surface area (Å²) in [7, 11) is 0. The van der Waals surface area contributed by atoms with Crippen molar-refractivity contribution in [2.24, 2.45) is 11.7 Å². The molecule has 0 bridgehead atoms. The van der Waals surface area contributed by atoms with E-state index >= 15 is 0 Å². The summed E-state index contributed by atoms with van der Waals surface area (Å²) in [5, 5.41) is 3.43. The molecule has 0 radical (unpaired) electrons. The Bertz CT molecular complexity index is 692. The van der Waals surface area contributed by atoms with E-state index in [0.717, 1.165) is 13.1 Å². The Balaban J connectivity index is 1.62. The zero-order chi connectivity index (χ0) is 16.9. The van der Waals surface area contributed by atoms with Crippen LogP contribution in [0.5, 0.6) is 0 Å². The van der Waals surface area contributed by atoms with Crippen molar-refractivity contribution in [3.63, 3.8) is 0 Å². The quantitative estimate of drug-likeness (QED) is 0.877. The van der Waals surface area contributed by atoms with Crippen molar-refractivity contribution in [3.8, 4) is 0 Å². The molecule has 0 saturated carbocycles. The van der Waals surface area contributed by atoms with Gasteiger partial charge >= 0.3 is 0 Å². The van der Waals surface area contributed by atoms with Crippen LogP contribution in [0, 0.1) is 5.92 Å². The second-order valence-electron chi connectivity index (χ2n) is 6.24. The number of hydrogen-bond acceptors (Lipinski definition) is 3. The van der Waals surface area contributed by atoms with Gasteiger partial charge in [-0.3, -0.25) is 9.69 Å². The van der Waals surface area contributed by atoms with Gasteiger partial charge in [-0.05, 0) is 30.2 Å². The normalized spacial score (nSPS) is 20.9. The van der Waals surface area contributed by atoms with Gasteiger partial charge in [0.15, 0.2) is 0 Å². The summed E-state index contributed by atoms with van der Waals surface area (Å²) in [6.07, 6.45) is 0. The smallest absolute Gasteiger partial charge is 0.238 e. The lowest BCUT2D eigenvalue weighted by molar-refractivity contribution is -0.117. The molecule has 1 saturated heterocycles. The number of rotatable bonds is 5. The summed E-state index contributed by atoms with van der Waals surface area (Å²) < 4.78 is 0. The maximum Gasteiger partial charge on any atom is 0.238 e. The first-order valence-corrected chi connectivity index (χ1v) is 8.57. The van der Waals surface area contributed by atoms with Crippen LogP contribution in [0.3, 0.4) is 0 Å². The summed E-state index contributed by atoms with van der Waals surface area (Å²) in [5.74, 6) is 0.706. The number of halogens is 1. The predicted octanol–water partition coefficient (Wildman–Crippen LogP) is 2.95. The number of anilines is 1. The molecule has 126 valence electrons. The number of carbonyl (C=O) groups excluding carboxylic acids is 1. The minimum absolute atomic E-state index is 0.0485. The lowest BCUT2D eigenvalue weighted by Gasteiger charge is -2.16. The van der Waals surface area contributed by atoms with Gasteiger partial charge in [-0.2, -0.15) is 0 Å². The average Bonchev–Trinajstić information content (AvgIpc) is 3.00. The number of para-hydroxylation sites is 1. The lowest BCUT2D eigenvalue weighted by atomic mass is 9.89. The fourth-order valence-electron chi connectivity index (χ4n) is 3.36. The maximum atomic E-state index is 12.3. The van der Waals surface area contributed by atoms with Crippen LogP contribution in [0.15, 0.2) is 54.6 Å². The molecule has 0 spiro atoms. The fourth-order valence-corrected chi connectivity index (χ4v) is 3.54. The summed E-state index contributed by atoms with van der Waals surface area (Å²) in [6.45, 7) is 2.67. The van der Waals surface area contributed by atoms with E-state index in [9.17, 15) is 4.79 Å². The van der Waals surface area contributed by atoms with Gasteiger partial charge in [-0.1, -0.05) is 54.1 Å². The minimum atomic E-state index is -0.0485. The highest BCUT2D eigenvalue weighted by molar-refractivity contribution is 6.33. The number of hydrogen-bond donors (Lipinski definition) is 2. The number of likely N-dealkylation sites (tertiary alicyclic amines) is 1. The summed E-state index contributed by atoms with van der Waals surface area (Å²) in [6, 6.07) is 17.7. The molecule has 2 atom stereocenters. The van der Waals surface area contributed by atoms with Crippen molar-refractivity contribution in [3.05, 3.63) is 65.2 Å². The Labute approximate surface area is 147 Å². The van der Waals surface area contributed by atoms with E-state index in [2.05, 4.69) is 34.5 Å². The zero-order valence-corrected chi connectivity index (χ0v) is 14.2. The summed E-state index contributed by atoms with van der Waals surface area (Å²) in [4.78, 5) is 14.5. The van der Waals surface area contributed by atoms with Crippen LogP contribution in [0.4, 0.5) is 5.69 Å². The zero-order valence-electron chi connectivity index (χ0n) is 13.5. The molecule has 0 unspecified atom stereocenters. The van der Waals surface area contributed by atoms with Gasteiger partial charge in [0.2, 0.25) is 5.91 Å². The third-order valence-corrected chi connectivity index (χ3v) is 4.89. The molecule has 2 aromatic rings. The van der Waals surface area contributed by atoms with Crippen LogP contribution < -0.4 is 11.1 Å². The van der Waals surface area contributed by atoms with Crippen LogP contribution in [-0.2, 0) is 4.79 Å².